The van der Waals surface area contributed by atoms with Crippen molar-refractivity contribution in [3.05, 3.63) is 82.9 Å². The summed E-state index contributed by atoms with van der Waals surface area (Å²) in [6, 6.07) is 11.1. The molecule has 0 aliphatic carbocycles. The Morgan fingerprint density at radius 2 is 1.74 bits per heavy atom. The summed E-state index contributed by atoms with van der Waals surface area (Å²) >= 11 is 0. The molecule has 0 saturated carbocycles. The molecule has 0 bridgehead atoms. The van der Waals surface area contributed by atoms with Crippen molar-refractivity contribution in [1.29, 1.82) is 0 Å². The molecular weight excluding hydrogens is 409 g/mol. The molecule has 0 unspecified atom stereocenters. The number of anilines is 1. The number of nitrogens with one attached hydrogen (secondary N) is 2. The SMILES string of the molecule is Cc1nn(-c2ccccc2)c(C)c1/C=C/C(=O)NCC(=O)Nc1ccc(F)c(F)c1F. The molecule has 3 rings (SSSR count). The number of hydrogen-bond acceptors (Lipinski definition) is 3. The molecule has 160 valence electrons. The average Bonchev–Trinajstić information content (AvgIpc) is 3.05. The Morgan fingerprint density at radius 3 is 2.45 bits per heavy atom. The number of amides is 2. The molecule has 2 amide bonds. The number of aromatic nitrogens is 2. The summed E-state index contributed by atoms with van der Waals surface area (Å²) in [4.78, 5) is 23.9. The Hall–Kier alpha value is -3.88. The molecule has 0 spiro atoms. The lowest BCUT2D eigenvalue weighted by Gasteiger charge is -2.07. The van der Waals surface area contributed by atoms with Gasteiger partial charge in [0, 0.05) is 17.3 Å². The molecule has 2 N–H and O–H groups in total. The van der Waals surface area contributed by atoms with Crippen molar-refractivity contribution in [2.75, 3.05) is 11.9 Å². The zero-order valence-corrected chi connectivity index (χ0v) is 16.7. The highest BCUT2D eigenvalue weighted by Crippen LogP contribution is 2.20. The first kappa shape index (κ1) is 21.8. The van der Waals surface area contributed by atoms with Gasteiger partial charge in [-0.05, 0) is 44.2 Å². The van der Waals surface area contributed by atoms with Gasteiger partial charge in [0.05, 0.1) is 23.6 Å². The van der Waals surface area contributed by atoms with Crippen molar-refractivity contribution in [2.24, 2.45) is 0 Å². The van der Waals surface area contributed by atoms with Gasteiger partial charge in [-0.3, -0.25) is 9.59 Å². The van der Waals surface area contributed by atoms with Crippen LogP contribution in [0.2, 0.25) is 0 Å². The van der Waals surface area contributed by atoms with Crippen LogP contribution in [0.5, 0.6) is 0 Å². The van der Waals surface area contributed by atoms with Gasteiger partial charge in [0.15, 0.2) is 17.5 Å². The zero-order valence-electron chi connectivity index (χ0n) is 16.7. The first-order chi connectivity index (χ1) is 14.8. The van der Waals surface area contributed by atoms with Crippen LogP contribution < -0.4 is 10.6 Å². The summed E-state index contributed by atoms with van der Waals surface area (Å²) < 4.78 is 41.5. The smallest absolute Gasteiger partial charge is 0.244 e. The second-order valence-electron chi connectivity index (χ2n) is 6.65. The second-order valence-corrected chi connectivity index (χ2v) is 6.65. The number of rotatable bonds is 6. The minimum atomic E-state index is -1.69. The molecular formula is C22H19F3N4O2. The predicted octanol–water partition coefficient (Wildman–Crippen LogP) is 3.67. The van der Waals surface area contributed by atoms with Crippen LogP contribution in [0.25, 0.3) is 11.8 Å². The van der Waals surface area contributed by atoms with Gasteiger partial charge in [-0.2, -0.15) is 5.10 Å². The van der Waals surface area contributed by atoms with Crippen LogP contribution >= 0.6 is 0 Å². The number of carbonyl (C=O) groups excluding carboxylic acids is 2. The van der Waals surface area contributed by atoms with Crippen molar-refractivity contribution >= 4 is 23.6 Å². The van der Waals surface area contributed by atoms with E-state index in [0.717, 1.165) is 28.7 Å². The van der Waals surface area contributed by atoms with E-state index in [1.54, 1.807) is 10.8 Å². The van der Waals surface area contributed by atoms with E-state index in [4.69, 9.17) is 0 Å². The van der Waals surface area contributed by atoms with Crippen molar-refractivity contribution in [3.63, 3.8) is 0 Å². The Bertz CT molecular complexity index is 1160. The Kier molecular flexibility index (Phi) is 6.54. The number of nitrogens with zero attached hydrogens (tertiary/aromatic N) is 2. The highest BCUT2D eigenvalue weighted by molar-refractivity contribution is 5.98. The third-order valence-electron chi connectivity index (χ3n) is 4.48. The van der Waals surface area contributed by atoms with Gasteiger partial charge in [-0.15, -0.1) is 0 Å². The first-order valence-corrected chi connectivity index (χ1v) is 9.29. The predicted molar refractivity (Wildman–Crippen MR) is 110 cm³/mol. The molecule has 9 heteroatoms. The van der Waals surface area contributed by atoms with Gasteiger partial charge >= 0.3 is 0 Å². The fraction of sp³-hybridized carbons (Fsp3) is 0.136. The third kappa shape index (κ3) is 5.00. The maximum absolute atomic E-state index is 13.6. The van der Waals surface area contributed by atoms with E-state index in [-0.39, 0.29) is 0 Å². The standard InChI is InChI=1S/C22H19F3N4O2/c1-13-16(14(2)29(28-13)15-6-4-3-5-7-15)8-11-19(30)26-12-20(31)27-18-10-9-17(23)21(24)22(18)25/h3-11H,12H2,1-2H3,(H,26,30)(H,27,31)/b11-8+. The highest BCUT2D eigenvalue weighted by Gasteiger charge is 2.15. The number of hydrogen-bond donors (Lipinski definition) is 2. The molecule has 0 atom stereocenters. The van der Waals surface area contributed by atoms with Crippen molar-refractivity contribution in [2.45, 2.75) is 13.8 Å². The lowest BCUT2D eigenvalue weighted by molar-refractivity contribution is -0.121. The Balaban J connectivity index is 1.61. The highest BCUT2D eigenvalue weighted by atomic mass is 19.2. The molecule has 6 nitrogen and oxygen atoms in total. The largest absolute Gasteiger partial charge is 0.343 e. The van der Waals surface area contributed by atoms with Crippen molar-refractivity contribution < 1.29 is 22.8 Å². The Morgan fingerprint density at radius 1 is 1.03 bits per heavy atom. The van der Waals surface area contributed by atoms with Crippen LogP contribution in [0.1, 0.15) is 17.0 Å². The van der Waals surface area contributed by atoms with Crippen LogP contribution in [0.4, 0.5) is 18.9 Å². The molecule has 0 saturated heterocycles. The summed E-state index contributed by atoms with van der Waals surface area (Å²) in [5.74, 6) is -5.93. The minimum Gasteiger partial charge on any atom is -0.343 e. The van der Waals surface area contributed by atoms with E-state index >= 15 is 0 Å². The van der Waals surface area contributed by atoms with Gasteiger partial charge < -0.3 is 10.6 Å². The maximum Gasteiger partial charge on any atom is 0.244 e. The van der Waals surface area contributed by atoms with Gasteiger partial charge in [0.25, 0.3) is 0 Å². The van der Waals surface area contributed by atoms with Gasteiger partial charge in [-0.25, -0.2) is 17.9 Å². The number of halogens is 3. The lowest BCUT2D eigenvalue weighted by Crippen LogP contribution is -2.32. The first-order valence-electron chi connectivity index (χ1n) is 9.29. The van der Waals surface area contributed by atoms with E-state index in [9.17, 15) is 22.8 Å². The van der Waals surface area contributed by atoms with Crippen molar-refractivity contribution in [3.8, 4) is 5.69 Å². The van der Waals surface area contributed by atoms with E-state index in [2.05, 4.69) is 15.7 Å². The molecule has 0 radical (unpaired) electrons. The molecule has 2 aromatic carbocycles. The van der Waals surface area contributed by atoms with Crippen LogP contribution in [-0.2, 0) is 9.59 Å². The van der Waals surface area contributed by atoms with Gasteiger partial charge in [0.1, 0.15) is 0 Å². The molecule has 31 heavy (non-hydrogen) atoms. The van der Waals surface area contributed by atoms with E-state index in [1.165, 1.54) is 6.08 Å². The fourth-order valence-corrected chi connectivity index (χ4v) is 2.92. The summed E-state index contributed by atoms with van der Waals surface area (Å²) in [5, 5.41) is 8.89. The van der Waals surface area contributed by atoms with Crippen LogP contribution in [-0.4, -0.2) is 28.1 Å². The Labute approximate surface area is 176 Å². The van der Waals surface area contributed by atoms with Crippen LogP contribution in [0, 0.1) is 31.3 Å². The number of para-hydroxylation sites is 1. The van der Waals surface area contributed by atoms with Crippen LogP contribution in [0.3, 0.4) is 0 Å². The quantitative estimate of drug-likeness (QED) is 0.465. The van der Waals surface area contributed by atoms with E-state index in [1.807, 2.05) is 44.2 Å². The van der Waals surface area contributed by atoms with E-state index in [0.29, 0.717) is 6.07 Å². The molecule has 3 aromatic rings. The summed E-state index contributed by atoms with van der Waals surface area (Å²) in [5.41, 5.74) is 2.67. The molecule has 0 aliphatic heterocycles. The molecule has 0 fully saturated rings. The number of carbonyl (C=O) groups is 2. The average molecular weight is 428 g/mol. The van der Waals surface area contributed by atoms with Crippen molar-refractivity contribution in [1.82, 2.24) is 15.1 Å². The third-order valence-corrected chi connectivity index (χ3v) is 4.48. The summed E-state index contributed by atoms with van der Waals surface area (Å²) in [7, 11) is 0. The summed E-state index contributed by atoms with van der Waals surface area (Å²) in [6.45, 7) is 3.20. The normalized spacial score (nSPS) is 11.0. The molecule has 1 heterocycles. The summed E-state index contributed by atoms with van der Waals surface area (Å²) in [6.07, 6.45) is 2.83. The zero-order chi connectivity index (χ0) is 22.5. The monoisotopic (exact) mass is 428 g/mol. The minimum absolute atomic E-state index is 0.483. The molecule has 0 aliphatic rings. The maximum atomic E-state index is 13.6. The second kappa shape index (κ2) is 9.29. The number of benzene rings is 2. The van der Waals surface area contributed by atoms with Gasteiger partial charge in [0.2, 0.25) is 11.8 Å². The number of aryl methyl sites for hydroxylation is 1. The van der Waals surface area contributed by atoms with E-state index < -0.39 is 41.5 Å². The van der Waals surface area contributed by atoms with Gasteiger partial charge in [-0.1, -0.05) is 18.2 Å². The fourth-order valence-electron chi connectivity index (χ4n) is 2.92. The lowest BCUT2D eigenvalue weighted by atomic mass is 10.2. The molecule has 1 aromatic heterocycles. The topological polar surface area (TPSA) is 76.0 Å². The van der Waals surface area contributed by atoms with Crippen LogP contribution in [0.15, 0.2) is 48.5 Å².